The Labute approximate surface area is 305 Å². The van der Waals surface area contributed by atoms with Crippen molar-refractivity contribution in [2.75, 3.05) is 0 Å². The zero-order chi connectivity index (χ0) is 34.9. The molecule has 0 aliphatic heterocycles. The summed E-state index contributed by atoms with van der Waals surface area (Å²) in [6.45, 7) is 0. The molecule has 0 atom stereocenters. The Morgan fingerprint density at radius 3 is 1.57 bits per heavy atom. The van der Waals surface area contributed by atoms with E-state index in [0.29, 0.717) is 17.5 Å². The highest BCUT2D eigenvalue weighted by Crippen LogP contribution is 2.38. The van der Waals surface area contributed by atoms with Crippen LogP contribution in [0.2, 0.25) is 0 Å². The van der Waals surface area contributed by atoms with Crippen molar-refractivity contribution in [3.63, 3.8) is 0 Å². The average Bonchev–Trinajstić information content (AvgIpc) is 3.58. The maximum Gasteiger partial charge on any atom is 0.164 e. The number of aromatic nitrogens is 4. The van der Waals surface area contributed by atoms with Crippen molar-refractivity contribution in [2.45, 2.75) is 0 Å². The minimum absolute atomic E-state index is 0.637. The second-order valence-corrected chi connectivity index (χ2v) is 13.6. The second-order valence-electron chi connectivity index (χ2n) is 13.6. The molecular formula is C49H30N4. The summed E-state index contributed by atoms with van der Waals surface area (Å²) in [5.74, 6) is 1.93. The standard InChI is InChI=1S/C49H30N4/c1-2-12-34(13-3-1)47-50-48(52-49(51-47)36-19-18-33-23-27-40-38-14-6-4-10-31(38)22-28-41(40)43(33)30-36)35-20-25-37(26-21-35)53-44-17-9-8-16-42(44)46-39-15-7-5-11-32(39)24-29-45(46)53/h1-30H. The summed E-state index contributed by atoms with van der Waals surface area (Å²) >= 11 is 0. The van der Waals surface area contributed by atoms with E-state index in [2.05, 4.69) is 168 Å². The lowest BCUT2D eigenvalue weighted by Gasteiger charge is -2.12. The molecule has 0 N–H and O–H groups in total. The second kappa shape index (κ2) is 11.7. The lowest BCUT2D eigenvalue weighted by molar-refractivity contribution is 1.07. The Hall–Kier alpha value is -7.17. The van der Waals surface area contributed by atoms with Crippen molar-refractivity contribution in [1.82, 2.24) is 19.5 Å². The zero-order valence-electron chi connectivity index (χ0n) is 28.6. The predicted molar refractivity (Wildman–Crippen MR) is 220 cm³/mol. The number of hydrogen-bond donors (Lipinski definition) is 0. The van der Waals surface area contributed by atoms with E-state index in [9.17, 15) is 0 Å². The highest BCUT2D eigenvalue weighted by atomic mass is 15.0. The van der Waals surface area contributed by atoms with Gasteiger partial charge in [-0.3, -0.25) is 0 Å². The van der Waals surface area contributed by atoms with Crippen molar-refractivity contribution in [1.29, 1.82) is 0 Å². The van der Waals surface area contributed by atoms with Gasteiger partial charge in [-0.2, -0.15) is 0 Å². The van der Waals surface area contributed by atoms with Crippen LogP contribution in [-0.2, 0) is 0 Å². The first-order chi connectivity index (χ1) is 26.3. The third-order valence-electron chi connectivity index (χ3n) is 10.6. The number of hydrogen-bond acceptors (Lipinski definition) is 3. The van der Waals surface area contributed by atoms with Crippen LogP contribution < -0.4 is 0 Å². The summed E-state index contributed by atoms with van der Waals surface area (Å²) in [5, 5.41) is 12.3. The van der Waals surface area contributed by atoms with Gasteiger partial charge in [0.1, 0.15) is 0 Å². The minimum atomic E-state index is 0.637. The molecule has 246 valence electrons. The minimum Gasteiger partial charge on any atom is -0.309 e. The molecule has 0 unspecified atom stereocenters. The van der Waals surface area contributed by atoms with E-state index in [1.54, 1.807) is 0 Å². The molecule has 53 heavy (non-hydrogen) atoms. The lowest BCUT2D eigenvalue weighted by Crippen LogP contribution is -2.00. The topological polar surface area (TPSA) is 43.6 Å². The van der Waals surface area contributed by atoms with Crippen molar-refractivity contribution >= 4 is 64.9 Å². The summed E-state index contributed by atoms with van der Waals surface area (Å²) in [6.07, 6.45) is 0. The van der Waals surface area contributed by atoms with Crippen LogP contribution in [0.1, 0.15) is 0 Å². The molecule has 11 aromatic rings. The molecule has 0 saturated heterocycles. The molecule has 0 amide bonds. The molecule has 2 heterocycles. The molecule has 0 bridgehead atoms. The largest absolute Gasteiger partial charge is 0.309 e. The SMILES string of the molecule is c1ccc(-c2nc(-c3ccc(-n4c5ccccc5c5c6ccccc6ccc54)cc3)nc(-c3ccc4ccc5c6ccccc6ccc5c4c3)n2)cc1. The quantitative estimate of drug-likeness (QED) is 0.175. The first-order valence-corrected chi connectivity index (χ1v) is 17.9. The van der Waals surface area contributed by atoms with E-state index in [4.69, 9.17) is 15.0 Å². The highest BCUT2D eigenvalue weighted by molar-refractivity contribution is 6.21. The first-order valence-electron chi connectivity index (χ1n) is 17.9. The van der Waals surface area contributed by atoms with Crippen molar-refractivity contribution in [3.05, 3.63) is 182 Å². The van der Waals surface area contributed by atoms with E-state index in [0.717, 1.165) is 22.4 Å². The van der Waals surface area contributed by atoms with Gasteiger partial charge in [0, 0.05) is 33.2 Å². The number of para-hydroxylation sites is 1. The third kappa shape index (κ3) is 4.73. The van der Waals surface area contributed by atoms with E-state index in [1.165, 1.54) is 64.9 Å². The van der Waals surface area contributed by atoms with E-state index in [-0.39, 0.29) is 0 Å². The van der Waals surface area contributed by atoms with E-state index < -0.39 is 0 Å². The van der Waals surface area contributed by atoms with Gasteiger partial charge in [-0.15, -0.1) is 0 Å². The fourth-order valence-corrected chi connectivity index (χ4v) is 8.08. The smallest absolute Gasteiger partial charge is 0.164 e. The summed E-state index contributed by atoms with van der Waals surface area (Å²) in [4.78, 5) is 15.2. The summed E-state index contributed by atoms with van der Waals surface area (Å²) in [7, 11) is 0. The van der Waals surface area contributed by atoms with Crippen LogP contribution in [0.25, 0.3) is 105 Å². The summed E-state index contributed by atoms with van der Waals surface area (Å²) in [5.41, 5.74) is 6.28. The van der Waals surface area contributed by atoms with Gasteiger partial charge in [-0.1, -0.05) is 140 Å². The van der Waals surface area contributed by atoms with Crippen molar-refractivity contribution in [2.24, 2.45) is 0 Å². The third-order valence-corrected chi connectivity index (χ3v) is 10.6. The van der Waals surface area contributed by atoms with Gasteiger partial charge >= 0.3 is 0 Å². The molecule has 4 nitrogen and oxygen atoms in total. The van der Waals surface area contributed by atoms with Crippen LogP contribution in [0.4, 0.5) is 0 Å². The van der Waals surface area contributed by atoms with Crippen molar-refractivity contribution in [3.8, 4) is 39.9 Å². The van der Waals surface area contributed by atoms with Crippen LogP contribution in [0.15, 0.2) is 182 Å². The van der Waals surface area contributed by atoms with Crippen molar-refractivity contribution < 1.29 is 0 Å². The van der Waals surface area contributed by atoms with Gasteiger partial charge in [-0.05, 0) is 85.6 Å². The van der Waals surface area contributed by atoms with Crippen LogP contribution in [-0.4, -0.2) is 19.5 Å². The maximum absolute atomic E-state index is 5.13. The van der Waals surface area contributed by atoms with E-state index in [1.807, 2.05) is 18.2 Å². The molecule has 4 heteroatoms. The van der Waals surface area contributed by atoms with Gasteiger partial charge in [0.15, 0.2) is 17.5 Å². The number of benzene rings is 9. The van der Waals surface area contributed by atoms with Gasteiger partial charge in [0.25, 0.3) is 0 Å². The number of nitrogens with zero attached hydrogens (tertiary/aromatic N) is 4. The Balaban J connectivity index is 1.07. The molecular weight excluding hydrogens is 645 g/mol. The van der Waals surface area contributed by atoms with Gasteiger partial charge in [0.05, 0.1) is 11.0 Å². The van der Waals surface area contributed by atoms with Crippen LogP contribution in [0, 0.1) is 0 Å². The average molecular weight is 675 g/mol. The molecule has 0 fully saturated rings. The fourth-order valence-electron chi connectivity index (χ4n) is 8.08. The Morgan fingerprint density at radius 1 is 0.302 bits per heavy atom. The predicted octanol–water partition coefficient (Wildman–Crippen LogP) is 12.6. The van der Waals surface area contributed by atoms with Crippen LogP contribution in [0.5, 0.6) is 0 Å². The lowest BCUT2D eigenvalue weighted by atomic mass is 9.96. The molecule has 0 aliphatic carbocycles. The molecule has 0 radical (unpaired) electrons. The fraction of sp³-hybridized carbons (Fsp3) is 0. The summed E-state index contributed by atoms with van der Waals surface area (Å²) in [6, 6.07) is 64.5. The normalized spacial score (nSPS) is 11.8. The summed E-state index contributed by atoms with van der Waals surface area (Å²) < 4.78 is 2.36. The molecule has 9 aromatic carbocycles. The Kier molecular flexibility index (Phi) is 6.52. The van der Waals surface area contributed by atoms with E-state index >= 15 is 0 Å². The molecule has 0 saturated carbocycles. The van der Waals surface area contributed by atoms with Gasteiger partial charge in [0.2, 0.25) is 0 Å². The first kappa shape index (κ1) is 29.5. The Bertz CT molecular complexity index is 3220. The molecule has 2 aromatic heterocycles. The van der Waals surface area contributed by atoms with Crippen LogP contribution in [0.3, 0.4) is 0 Å². The van der Waals surface area contributed by atoms with Crippen LogP contribution >= 0.6 is 0 Å². The monoisotopic (exact) mass is 674 g/mol. The number of rotatable bonds is 4. The molecule has 11 rings (SSSR count). The maximum atomic E-state index is 5.13. The highest BCUT2D eigenvalue weighted by Gasteiger charge is 2.17. The van der Waals surface area contributed by atoms with Gasteiger partial charge < -0.3 is 4.57 Å². The van der Waals surface area contributed by atoms with Gasteiger partial charge in [-0.25, -0.2) is 15.0 Å². The number of fused-ring (bicyclic) bond motifs is 10. The zero-order valence-corrected chi connectivity index (χ0v) is 28.6. The molecule has 0 aliphatic rings. The Morgan fingerprint density at radius 2 is 0.811 bits per heavy atom. The molecule has 0 spiro atoms.